The van der Waals surface area contributed by atoms with Gasteiger partial charge in [0.2, 0.25) is 0 Å². The Kier molecular flexibility index (Phi) is 9.30. The van der Waals surface area contributed by atoms with Crippen LogP contribution in [0.3, 0.4) is 0 Å². The third kappa shape index (κ3) is 5.61. The average Bonchev–Trinajstić information content (AvgIpc) is 2.61. The lowest BCUT2D eigenvalue weighted by Crippen LogP contribution is -2.36. The van der Waals surface area contributed by atoms with E-state index in [1.807, 2.05) is 0 Å². The predicted molar refractivity (Wildman–Crippen MR) is 104 cm³/mol. The van der Waals surface area contributed by atoms with E-state index in [1.54, 1.807) is 0 Å². The van der Waals surface area contributed by atoms with Gasteiger partial charge in [-0.25, -0.2) is 4.79 Å². The lowest BCUT2D eigenvalue weighted by molar-refractivity contribution is -0.168. The molecule has 1 aliphatic carbocycles. The predicted octanol–water partition coefficient (Wildman–Crippen LogP) is 4.58. The molecule has 0 spiro atoms. The molecule has 5 heteroatoms. The van der Waals surface area contributed by atoms with E-state index in [9.17, 15) is 4.79 Å². The second-order valence-electron chi connectivity index (χ2n) is 6.69. The zero-order valence-electron chi connectivity index (χ0n) is 15.5. The zero-order chi connectivity index (χ0) is 17.4. The number of rotatable bonds is 8. The first kappa shape index (κ1) is 21.8. The Bertz CT molecular complexity index is 542. The molecule has 0 atom stereocenters. The average molecular weight is 370 g/mol. The normalized spacial score (nSPS) is 16.0. The molecule has 0 aliphatic heterocycles. The Morgan fingerprint density at radius 1 is 1.24 bits per heavy atom. The van der Waals surface area contributed by atoms with Crippen molar-refractivity contribution in [2.45, 2.75) is 70.8 Å². The van der Waals surface area contributed by atoms with Gasteiger partial charge in [0, 0.05) is 12.2 Å². The summed E-state index contributed by atoms with van der Waals surface area (Å²) in [5.74, 6) is -0.519. The second kappa shape index (κ2) is 10.7. The second-order valence-corrected chi connectivity index (χ2v) is 6.69. The molecular weight excluding hydrogens is 338 g/mol. The van der Waals surface area contributed by atoms with E-state index in [0.717, 1.165) is 62.7 Å². The number of aliphatic hydroxyl groups excluding tert-OH is 1. The highest BCUT2D eigenvalue weighted by Gasteiger charge is 2.39. The molecule has 25 heavy (non-hydrogen) atoms. The third-order valence-corrected chi connectivity index (χ3v) is 4.88. The molecule has 1 aliphatic rings. The van der Waals surface area contributed by atoms with Crippen LogP contribution in [0.25, 0.3) is 0 Å². The topological polar surface area (TPSA) is 58.6 Å². The molecule has 0 amide bonds. The number of halogens is 1. The highest BCUT2D eigenvalue weighted by molar-refractivity contribution is 5.85. The van der Waals surface area contributed by atoms with Crippen molar-refractivity contribution in [2.75, 3.05) is 18.5 Å². The fourth-order valence-corrected chi connectivity index (χ4v) is 3.73. The highest BCUT2D eigenvalue weighted by atomic mass is 35.5. The SMILES string of the molecule is CCCCc1cc(NCC)ccc1C1(OC(=O)CO)CCCCC1.Cl. The van der Waals surface area contributed by atoms with Crippen LogP contribution in [-0.4, -0.2) is 24.2 Å². The Hall–Kier alpha value is -1.26. The highest BCUT2D eigenvalue weighted by Crippen LogP contribution is 2.43. The number of nitrogens with one attached hydrogen (secondary N) is 1. The molecule has 1 aromatic carbocycles. The number of aryl methyl sites for hydroxylation is 1. The van der Waals surface area contributed by atoms with Gasteiger partial charge in [0.15, 0.2) is 0 Å². The van der Waals surface area contributed by atoms with Crippen molar-refractivity contribution in [1.82, 2.24) is 0 Å². The van der Waals surface area contributed by atoms with E-state index >= 15 is 0 Å². The molecule has 1 aromatic rings. The summed E-state index contributed by atoms with van der Waals surface area (Å²) in [6, 6.07) is 6.41. The number of carbonyl (C=O) groups is 1. The summed E-state index contributed by atoms with van der Waals surface area (Å²) < 4.78 is 5.83. The van der Waals surface area contributed by atoms with Gasteiger partial charge in [0.25, 0.3) is 0 Å². The van der Waals surface area contributed by atoms with Crippen LogP contribution in [0.5, 0.6) is 0 Å². The van der Waals surface area contributed by atoms with Crippen LogP contribution in [-0.2, 0) is 21.6 Å². The van der Waals surface area contributed by atoms with E-state index in [1.165, 1.54) is 12.0 Å². The Labute approximate surface area is 157 Å². The van der Waals surface area contributed by atoms with E-state index in [-0.39, 0.29) is 12.4 Å². The number of hydrogen-bond acceptors (Lipinski definition) is 4. The molecule has 1 saturated carbocycles. The Morgan fingerprint density at radius 3 is 2.56 bits per heavy atom. The van der Waals surface area contributed by atoms with Gasteiger partial charge in [-0.1, -0.05) is 25.8 Å². The van der Waals surface area contributed by atoms with Crippen molar-refractivity contribution in [3.05, 3.63) is 29.3 Å². The largest absolute Gasteiger partial charge is 0.452 e. The molecule has 142 valence electrons. The Morgan fingerprint density at radius 2 is 1.96 bits per heavy atom. The minimum atomic E-state index is -0.564. The lowest BCUT2D eigenvalue weighted by atomic mass is 9.76. The molecule has 0 bridgehead atoms. The van der Waals surface area contributed by atoms with Crippen LogP contribution < -0.4 is 5.32 Å². The molecule has 2 rings (SSSR count). The summed E-state index contributed by atoms with van der Waals surface area (Å²) in [5.41, 5.74) is 2.96. The molecule has 4 nitrogen and oxygen atoms in total. The Balaban J connectivity index is 0.00000312. The van der Waals surface area contributed by atoms with Gasteiger partial charge in [-0.3, -0.25) is 0 Å². The number of unbranched alkanes of at least 4 members (excludes halogenated alkanes) is 1. The minimum absolute atomic E-state index is 0. The maximum Gasteiger partial charge on any atom is 0.332 e. The van der Waals surface area contributed by atoms with Gasteiger partial charge in [0.1, 0.15) is 12.2 Å². The van der Waals surface area contributed by atoms with Crippen molar-refractivity contribution in [3.63, 3.8) is 0 Å². The molecule has 1 fully saturated rings. The quantitative estimate of drug-likeness (QED) is 0.658. The van der Waals surface area contributed by atoms with Crippen molar-refractivity contribution >= 4 is 24.1 Å². The first-order valence-electron chi connectivity index (χ1n) is 9.35. The number of hydrogen-bond donors (Lipinski definition) is 2. The summed E-state index contributed by atoms with van der Waals surface area (Å²) in [5, 5.41) is 12.5. The lowest BCUT2D eigenvalue weighted by Gasteiger charge is -2.38. The minimum Gasteiger partial charge on any atom is -0.452 e. The smallest absolute Gasteiger partial charge is 0.332 e. The monoisotopic (exact) mass is 369 g/mol. The third-order valence-electron chi connectivity index (χ3n) is 4.88. The van der Waals surface area contributed by atoms with Crippen LogP contribution in [0.4, 0.5) is 5.69 Å². The van der Waals surface area contributed by atoms with Crippen LogP contribution >= 0.6 is 12.4 Å². The number of anilines is 1. The first-order valence-corrected chi connectivity index (χ1v) is 9.35. The number of carbonyl (C=O) groups excluding carboxylic acids is 1. The van der Waals surface area contributed by atoms with Crippen LogP contribution in [0, 0.1) is 0 Å². The van der Waals surface area contributed by atoms with Gasteiger partial charge < -0.3 is 15.2 Å². The van der Waals surface area contributed by atoms with Gasteiger partial charge in [-0.05, 0) is 68.7 Å². The van der Waals surface area contributed by atoms with Crippen molar-refractivity contribution in [2.24, 2.45) is 0 Å². The molecule has 0 unspecified atom stereocenters. The fraction of sp³-hybridized carbons (Fsp3) is 0.650. The molecule has 2 N–H and O–H groups in total. The van der Waals surface area contributed by atoms with E-state index < -0.39 is 18.2 Å². The fourth-order valence-electron chi connectivity index (χ4n) is 3.73. The van der Waals surface area contributed by atoms with E-state index in [2.05, 4.69) is 37.4 Å². The standard InChI is InChI=1S/C20H31NO3.ClH/c1-3-5-9-16-14-17(21-4-2)10-11-18(16)20(24-19(23)15-22)12-7-6-8-13-20;/h10-11,14,21-22H,3-9,12-13,15H2,1-2H3;1H. The number of aliphatic hydroxyl groups is 1. The molecular formula is C20H32ClNO3. The van der Waals surface area contributed by atoms with Crippen LogP contribution in [0.2, 0.25) is 0 Å². The summed E-state index contributed by atoms with van der Waals surface area (Å²) in [6.07, 6.45) is 8.22. The summed E-state index contributed by atoms with van der Waals surface area (Å²) >= 11 is 0. The van der Waals surface area contributed by atoms with Gasteiger partial charge in [-0.2, -0.15) is 0 Å². The number of esters is 1. The summed E-state index contributed by atoms with van der Waals surface area (Å²) in [4.78, 5) is 11.9. The van der Waals surface area contributed by atoms with Crippen LogP contribution in [0.1, 0.15) is 69.9 Å². The van der Waals surface area contributed by atoms with E-state index in [4.69, 9.17) is 9.84 Å². The van der Waals surface area contributed by atoms with Crippen LogP contribution in [0.15, 0.2) is 18.2 Å². The first-order chi connectivity index (χ1) is 11.6. The van der Waals surface area contributed by atoms with Gasteiger partial charge in [-0.15, -0.1) is 12.4 Å². The molecule has 0 radical (unpaired) electrons. The number of ether oxygens (including phenoxy) is 1. The van der Waals surface area contributed by atoms with E-state index in [0.29, 0.717) is 0 Å². The van der Waals surface area contributed by atoms with Crippen molar-refractivity contribution in [3.8, 4) is 0 Å². The molecule has 0 heterocycles. The van der Waals surface area contributed by atoms with Crippen molar-refractivity contribution < 1.29 is 14.6 Å². The van der Waals surface area contributed by atoms with Gasteiger partial charge in [0.05, 0.1) is 0 Å². The number of benzene rings is 1. The maximum absolute atomic E-state index is 11.9. The zero-order valence-corrected chi connectivity index (χ0v) is 16.3. The maximum atomic E-state index is 11.9. The van der Waals surface area contributed by atoms with Gasteiger partial charge >= 0.3 is 5.97 Å². The van der Waals surface area contributed by atoms with Crippen molar-refractivity contribution in [1.29, 1.82) is 0 Å². The molecule has 0 aromatic heterocycles. The molecule has 0 saturated heterocycles. The summed E-state index contributed by atoms with van der Waals surface area (Å²) in [7, 11) is 0. The summed E-state index contributed by atoms with van der Waals surface area (Å²) in [6.45, 7) is 4.61.